The summed E-state index contributed by atoms with van der Waals surface area (Å²) >= 11 is 6.01. The molecule has 1 heterocycles. The summed E-state index contributed by atoms with van der Waals surface area (Å²) in [5.74, 6) is 0.730. The first-order chi connectivity index (χ1) is 8.72. The molecule has 0 saturated carbocycles. The van der Waals surface area contributed by atoms with Gasteiger partial charge in [-0.1, -0.05) is 31.4 Å². The Morgan fingerprint density at radius 3 is 2.89 bits per heavy atom. The Hall–Kier alpha value is -1.62. The fourth-order valence-corrected chi connectivity index (χ4v) is 1.92. The first kappa shape index (κ1) is 12.8. The van der Waals surface area contributed by atoms with Crippen LogP contribution in [0, 0.1) is 0 Å². The molecule has 0 fully saturated rings. The molecule has 0 unspecified atom stereocenters. The highest BCUT2D eigenvalue weighted by Gasteiger charge is 2.09. The summed E-state index contributed by atoms with van der Waals surface area (Å²) in [6.07, 6.45) is 3.41. The molecule has 96 valence electrons. The monoisotopic (exact) mass is 265 g/mol. The molecule has 0 saturated heterocycles. The average Bonchev–Trinajstić information content (AvgIpc) is 2.81. The van der Waals surface area contributed by atoms with E-state index in [1.165, 1.54) is 12.8 Å². The maximum Gasteiger partial charge on any atom is 0.182 e. The van der Waals surface area contributed by atoms with Crippen LogP contribution in [0.15, 0.2) is 18.2 Å². The lowest BCUT2D eigenvalue weighted by atomic mass is 10.2. The minimum Gasteiger partial charge on any atom is -0.398 e. The Morgan fingerprint density at radius 1 is 1.33 bits per heavy atom. The zero-order chi connectivity index (χ0) is 13.0. The lowest BCUT2D eigenvalue weighted by Crippen LogP contribution is -2.03. The van der Waals surface area contributed by atoms with Crippen molar-refractivity contribution in [2.24, 2.45) is 0 Å². The first-order valence-electron chi connectivity index (χ1n) is 6.04. The van der Waals surface area contributed by atoms with Crippen LogP contribution in [0.2, 0.25) is 5.02 Å². The van der Waals surface area contributed by atoms with E-state index < -0.39 is 0 Å². The topological polar surface area (TPSA) is 69.6 Å². The Bertz CT molecular complexity index is 523. The highest BCUT2D eigenvalue weighted by molar-refractivity contribution is 6.33. The molecule has 0 radical (unpaired) electrons. The van der Waals surface area contributed by atoms with Crippen LogP contribution in [-0.2, 0) is 6.54 Å². The molecule has 18 heavy (non-hydrogen) atoms. The van der Waals surface area contributed by atoms with Crippen LogP contribution < -0.4 is 5.73 Å². The third-order valence-corrected chi connectivity index (χ3v) is 3.09. The fraction of sp³-hybridized carbons (Fsp3) is 0.417. The van der Waals surface area contributed by atoms with E-state index in [9.17, 15) is 0 Å². The summed E-state index contributed by atoms with van der Waals surface area (Å²) in [6, 6.07) is 5.44. The second kappa shape index (κ2) is 5.82. The number of halogens is 1. The highest BCUT2D eigenvalue weighted by atomic mass is 35.5. The number of hydrogen-bond donors (Lipinski definition) is 1. The van der Waals surface area contributed by atoms with E-state index >= 15 is 0 Å². The number of hydrogen-bond acceptors (Lipinski definition) is 4. The number of nitrogens with two attached hydrogens (primary N) is 1. The second-order valence-electron chi connectivity index (χ2n) is 4.17. The Kier molecular flexibility index (Phi) is 4.15. The molecule has 0 aliphatic heterocycles. The van der Waals surface area contributed by atoms with Gasteiger partial charge < -0.3 is 5.73 Å². The van der Waals surface area contributed by atoms with E-state index in [0.717, 1.165) is 24.4 Å². The third kappa shape index (κ3) is 2.79. The van der Waals surface area contributed by atoms with Crippen molar-refractivity contribution in [3.63, 3.8) is 0 Å². The molecule has 0 amide bonds. The maximum atomic E-state index is 6.01. The number of aromatic nitrogens is 4. The van der Waals surface area contributed by atoms with Gasteiger partial charge in [-0.25, -0.2) is 4.68 Å². The molecule has 6 heteroatoms. The van der Waals surface area contributed by atoms with Crippen molar-refractivity contribution in [3.05, 3.63) is 23.2 Å². The van der Waals surface area contributed by atoms with Crippen molar-refractivity contribution in [2.45, 2.75) is 32.7 Å². The predicted octanol–water partition coefficient (Wildman–Crippen LogP) is 2.77. The van der Waals surface area contributed by atoms with Crippen LogP contribution in [0.3, 0.4) is 0 Å². The van der Waals surface area contributed by atoms with Gasteiger partial charge in [-0.15, -0.1) is 5.10 Å². The van der Waals surface area contributed by atoms with Gasteiger partial charge in [0.05, 0.1) is 10.7 Å². The molecule has 0 bridgehead atoms. The van der Waals surface area contributed by atoms with Crippen LogP contribution in [0.25, 0.3) is 11.4 Å². The number of anilines is 1. The summed E-state index contributed by atoms with van der Waals surface area (Å²) < 4.78 is 1.80. The fourth-order valence-electron chi connectivity index (χ4n) is 1.74. The van der Waals surface area contributed by atoms with Gasteiger partial charge >= 0.3 is 0 Å². The molecule has 0 aliphatic rings. The summed E-state index contributed by atoms with van der Waals surface area (Å²) in [4.78, 5) is 0. The number of unbranched alkanes of at least 4 members (excludes halogenated alkanes) is 2. The maximum absolute atomic E-state index is 6.01. The molecule has 0 atom stereocenters. The molecule has 0 aliphatic carbocycles. The molecule has 2 aromatic rings. The van der Waals surface area contributed by atoms with Gasteiger partial charge in [-0.05, 0) is 35.0 Å². The third-order valence-electron chi connectivity index (χ3n) is 2.76. The van der Waals surface area contributed by atoms with Crippen LogP contribution in [0.5, 0.6) is 0 Å². The van der Waals surface area contributed by atoms with Crippen molar-refractivity contribution in [3.8, 4) is 11.4 Å². The second-order valence-corrected chi connectivity index (χ2v) is 4.58. The van der Waals surface area contributed by atoms with E-state index in [1.807, 2.05) is 6.07 Å². The molecule has 2 N–H and O–H groups in total. The summed E-state index contributed by atoms with van der Waals surface area (Å²) in [6.45, 7) is 2.98. The average molecular weight is 266 g/mol. The summed E-state index contributed by atoms with van der Waals surface area (Å²) in [5, 5.41) is 12.3. The van der Waals surface area contributed by atoms with Crippen LogP contribution in [-0.4, -0.2) is 20.2 Å². The summed E-state index contributed by atoms with van der Waals surface area (Å²) in [7, 11) is 0. The Labute approximate surface area is 111 Å². The van der Waals surface area contributed by atoms with E-state index in [0.29, 0.717) is 10.7 Å². The number of aryl methyl sites for hydroxylation is 1. The van der Waals surface area contributed by atoms with Gasteiger partial charge in [0.1, 0.15) is 0 Å². The zero-order valence-corrected chi connectivity index (χ0v) is 11.1. The number of rotatable bonds is 5. The number of benzene rings is 1. The van der Waals surface area contributed by atoms with Crippen LogP contribution >= 0.6 is 11.6 Å². The molecular weight excluding hydrogens is 250 g/mol. The van der Waals surface area contributed by atoms with Gasteiger partial charge in [0.15, 0.2) is 5.82 Å². The van der Waals surface area contributed by atoms with Crippen molar-refractivity contribution in [2.75, 3.05) is 5.73 Å². The predicted molar refractivity (Wildman–Crippen MR) is 72.2 cm³/mol. The minimum absolute atomic E-state index is 0.524. The van der Waals surface area contributed by atoms with Crippen LogP contribution in [0.4, 0.5) is 5.69 Å². The molecule has 0 spiro atoms. The van der Waals surface area contributed by atoms with Crippen molar-refractivity contribution >= 4 is 17.3 Å². The molecule has 1 aromatic carbocycles. The van der Waals surface area contributed by atoms with Crippen molar-refractivity contribution in [1.29, 1.82) is 0 Å². The number of nitrogens with zero attached hydrogens (tertiary/aromatic N) is 4. The van der Waals surface area contributed by atoms with Gasteiger partial charge in [0, 0.05) is 12.1 Å². The SMILES string of the molecule is CCCCCn1nnnc1-c1ccc(N)c(Cl)c1. The summed E-state index contributed by atoms with van der Waals surface area (Å²) in [5.41, 5.74) is 7.13. The van der Waals surface area contributed by atoms with Crippen molar-refractivity contribution < 1.29 is 0 Å². The Balaban J connectivity index is 2.22. The zero-order valence-electron chi connectivity index (χ0n) is 10.3. The van der Waals surface area contributed by atoms with Gasteiger partial charge in [0.2, 0.25) is 0 Å². The van der Waals surface area contributed by atoms with E-state index in [-0.39, 0.29) is 0 Å². The van der Waals surface area contributed by atoms with Gasteiger partial charge in [-0.3, -0.25) is 0 Å². The Morgan fingerprint density at radius 2 is 2.17 bits per heavy atom. The number of nitrogen functional groups attached to an aromatic ring is 1. The lowest BCUT2D eigenvalue weighted by Gasteiger charge is -2.05. The molecule has 1 aromatic heterocycles. The molecule has 5 nitrogen and oxygen atoms in total. The smallest absolute Gasteiger partial charge is 0.182 e. The van der Waals surface area contributed by atoms with Crippen LogP contribution in [0.1, 0.15) is 26.2 Å². The minimum atomic E-state index is 0.524. The van der Waals surface area contributed by atoms with E-state index in [2.05, 4.69) is 22.4 Å². The highest BCUT2D eigenvalue weighted by Crippen LogP contribution is 2.25. The van der Waals surface area contributed by atoms with E-state index in [1.54, 1.807) is 16.8 Å². The van der Waals surface area contributed by atoms with Gasteiger partial charge in [-0.2, -0.15) is 0 Å². The quantitative estimate of drug-likeness (QED) is 0.667. The molecular formula is C12H16ClN5. The number of tetrazole rings is 1. The first-order valence-corrected chi connectivity index (χ1v) is 6.41. The lowest BCUT2D eigenvalue weighted by molar-refractivity contribution is 0.541. The van der Waals surface area contributed by atoms with E-state index in [4.69, 9.17) is 17.3 Å². The van der Waals surface area contributed by atoms with Gasteiger partial charge in [0.25, 0.3) is 0 Å². The molecule has 2 rings (SSSR count). The standard InChI is InChI=1S/C12H16ClN5/c1-2-3-4-7-18-12(15-16-17-18)9-5-6-11(14)10(13)8-9/h5-6,8H,2-4,7,14H2,1H3. The largest absolute Gasteiger partial charge is 0.398 e. The van der Waals surface area contributed by atoms with Crippen molar-refractivity contribution in [1.82, 2.24) is 20.2 Å². The normalized spacial score (nSPS) is 10.8.